The van der Waals surface area contributed by atoms with Crippen molar-refractivity contribution in [3.63, 3.8) is 0 Å². The van der Waals surface area contributed by atoms with E-state index in [1.165, 1.54) is 12.1 Å². The van der Waals surface area contributed by atoms with Crippen molar-refractivity contribution in [3.8, 4) is 33.9 Å². The maximum absolute atomic E-state index is 11.7. The monoisotopic (exact) mass is 318 g/mol. The second kappa shape index (κ2) is 5.42. The second-order valence-corrected chi connectivity index (χ2v) is 5.54. The molecule has 1 aliphatic carbocycles. The molecule has 0 amide bonds. The number of phenols is 1. The number of hydrogen-bond donors (Lipinski definition) is 1. The average molecular weight is 318 g/mol. The molecule has 24 heavy (non-hydrogen) atoms. The van der Waals surface area contributed by atoms with Crippen LogP contribution in [0.5, 0.6) is 11.5 Å². The van der Waals surface area contributed by atoms with Crippen molar-refractivity contribution in [1.82, 2.24) is 0 Å². The Hall–Kier alpha value is -3.27. The molecule has 2 aromatic carbocycles. The summed E-state index contributed by atoms with van der Waals surface area (Å²) < 4.78 is 11.0. The highest BCUT2D eigenvalue weighted by molar-refractivity contribution is 6.02. The van der Waals surface area contributed by atoms with Gasteiger partial charge < -0.3 is 14.3 Å². The molecule has 4 rings (SSSR count). The van der Waals surface area contributed by atoms with Crippen LogP contribution in [0, 0.1) is 0 Å². The number of hydrogen-bond acceptors (Lipinski definition) is 4. The van der Waals surface area contributed by atoms with Crippen LogP contribution in [-0.2, 0) is 0 Å². The van der Waals surface area contributed by atoms with Crippen molar-refractivity contribution in [2.75, 3.05) is 7.11 Å². The minimum Gasteiger partial charge on any atom is -0.508 e. The van der Waals surface area contributed by atoms with Crippen LogP contribution in [0.25, 0.3) is 33.4 Å². The molecule has 0 saturated heterocycles. The van der Waals surface area contributed by atoms with Crippen LogP contribution in [0.4, 0.5) is 0 Å². The summed E-state index contributed by atoms with van der Waals surface area (Å²) in [7, 11) is 1.62. The molecule has 0 bridgehead atoms. The molecule has 4 nitrogen and oxygen atoms in total. The molecular weight excluding hydrogens is 304 g/mol. The summed E-state index contributed by atoms with van der Waals surface area (Å²) in [5, 5.41) is 10.6. The summed E-state index contributed by atoms with van der Waals surface area (Å²) in [5.41, 5.74) is 3.18. The molecule has 2 aliphatic rings. The van der Waals surface area contributed by atoms with E-state index >= 15 is 0 Å². The summed E-state index contributed by atoms with van der Waals surface area (Å²) in [6.07, 6.45) is 0. The molecule has 0 aromatic heterocycles. The Labute approximate surface area is 137 Å². The second-order valence-electron chi connectivity index (χ2n) is 5.54. The Kier molecular flexibility index (Phi) is 3.24. The predicted octanol–water partition coefficient (Wildman–Crippen LogP) is 4.28. The van der Waals surface area contributed by atoms with E-state index in [-0.39, 0.29) is 11.2 Å². The molecule has 1 aliphatic heterocycles. The fourth-order valence-corrected chi connectivity index (χ4v) is 2.93. The topological polar surface area (TPSA) is 59.7 Å². The van der Waals surface area contributed by atoms with Crippen molar-refractivity contribution in [3.05, 3.63) is 70.9 Å². The lowest BCUT2D eigenvalue weighted by Crippen LogP contribution is -1.99. The van der Waals surface area contributed by atoms with Crippen molar-refractivity contribution in [2.24, 2.45) is 0 Å². The SMILES string of the molecule is COc1ccc(-c2c3ccc(=O)cc-3oc3cc(O)ccc23)cc1. The Bertz CT molecular complexity index is 1060. The largest absolute Gasteiger partial charge is 0.508 e. The number of ether oxygens (including phenoxy) is 1. The summed E-state index contributed by atoms with van der Waals surface area (Å²) in [6.45, 7) is 0. The molecule has 0 fully saturated rings. The van der Waals surface area contributed by atoms with Gasteiger partial charge in [0, 0.05) is 28.6 Å². The summed E-state index contributed by atoms with van der Waals surface area (Å²) >= 11 is 0. The van der Waals surface area contributed by atoms with Crippen LogP contribution < -0.4 is 10.2 Å². The first-order valence-electron chi connectivity index (χ1n) is 7.50. The Morgan fingerprint density at radius 1 is 0.958 bits per heavy atom. The van der Waals surface area contributed by atoms with Crippen molar-refractivity contribution in [1.29, 1.82) is 0 Å². The first kappa shape index (κ1) is 14.3. The maximum Gasteiger partial charge on any atom is 0.182 e. The quantitative estimate of drug-likeness (QED) is 0.560. The van der Waals surface area contributed by atoms with Gasteiger partial charge in [-0.15, -0.1) is 0 Å². The standard InChI is InChI=1S/C20H14O4/c1-23-15-6-2-12(3-7-15)20-16-8-4-13(21)10-18(16)24-19-11-14(22)5-9-17(19)20/h2-11,21H,1H3. The summed E-state index contributed by atoms with van der Waals surface area (Å²) in [6, 6.07) is 17.5. The van der Waals surface area contributed by atoms with Gasteiger partial charge >= 0.3 is 0 Å². The van der Waals surface area contributed by atoms with Crippen LogP contribution >= 0.6 is 0 Å². The van der Waals surface area contributed by atoms with E-state index in [1.807, 2.05) is 30.3 Å². The number of methoxy groups -OCH3 is 1. The molecule has 1 heterocycles. The maximum atomic E-state index is 11.7. The molecule has 1 N–H and O–H groups in total. The lowest BCUT2D eigenvalue weighted by Gasteiger charge is -2.15. The fourth-order valence-electron chi connectivity index (χ4n) is 2.93. The lowest BCUT2D eigenvalue weighted by atomic mass is 9.94. The van der Waals surface area contributed by atoms with E-state index in [0.717, 1.165) is 27.8 Å². The molecule has 0 unspecified atom stereocenters. The van der Waals surface area contributed by atoms with E-state index in [9.17, 15) is 9.90 Å². The van der Waals surface area contributed by atoms with Crippen LogP contribution in [0.2, 0.25) is 0 Å². The molecule has 0 atom stereocenters. The van der Waals surface area contributed by atoms with Gasteiger partial charge in [-0.25, -0.2) is 0 Å². The first-order chi connectivity index (χ1) is 11.7. The number of rotatable bonds is 2. The first-order valence-corrected chi connectivity index (χ1v) is 7.50. The van der Waals surface area contributed by atoms with Gasteiger partial charge in [-0.2, -0.15) is 0 Å². The molecule has 0 spiro atoms. The zero-order chi connectivity index (χ0) is 16.7. The number of aromatic hydroxyl groups is 1. The van der Waals surface area contributed by atoms with Crippen molar-refractivity contribution >= 4 is 11.0 Å². The third kappa shape index (κ3) is 2.29. The minimum atomic E-state index is -0.119. The highest BCUT2D eigenvalue weighted by Crippen LogP contribution is 2.40. The minimum absolute atomic E-state index is 0.115. The van der Waals surface area contributed by atoms with Gasteiger partial charge in [0.15, 0.2) is 5.43 Å². The highest BCUT2D eigenvalue weighted by atomic mass is 16.5. The lowest BCUT2D eigenvalue weighted by molar-refractivity contribution is 0.415. The fraction of sp³-hybridized carbons (Fsp3) is 0.0500. The Morgan fingerprint density at radius 2 is 1.75 bits per heavy atom. The van der Waals surface area contributed by atoms with Crippen LogP contribution in [0.15, 0.2) is 69.9 Å². The molecular formula is C20H14O4. The smallest absolute Gasteiger partial charge is 0.182 e. The zero-order valence-electron chi connectivity index (χ0n) is 12.9. The Balaban J connectivity index is 2.11. The van der Waals surface area contributed by atoms with Gasteiger partial charge in [-0.05, 0) is 42.0 Å². The van der Waals surface area contributed by atoms with E-state index in [1.54, 1.807) is 25.3 Å². The number of fused-ring (bicyclic) bond motifs is 2. The average Bonchev–Trinajstić information content (AvgIpc) is 2.59. The molecule has 4 heteroatoms. The van der Waals surface area contributed by atoms with Crippen LogP contribution in [0.3, 0.4) is 0 Å². The van der Waals surface area contributed by atoms with Crippen molar-refractivity contribution in [2.45, 2.75) is 0 Å². The normalized spacial score (nSPS) is 11.0. The van der Waals surface area contributed by atoms with E-state index in [0.29, 0.717) is 11.3 Å². The molecule has 118 valence electrons. The van der Waals surface area contributed by atoms with Gasteiger partial charge in [-0.1, -0.05) is 12.1 Å². The van der Waals surface area contributed by atoms with Gasteiger partial charge in [0.2, 0.25) is 0 Å². The van der Waals surface area contributed by atoms with Crippen molar-refractivity contribution < 1.29 is 14.3 Å². The van der Waals surface area contributed by atoms with E-state index < -0.39 is 0 Å². The van der Waals surface area contributed by atoms with Gasteiger partial charge in [0.25, 0.3) is 0 Å². The number of phenolic OH excluding ortho intramolecular Hbond substituents is 1. The molecule has 0 saturated carbocycles. The number of benzene rings is 3. The van der Waals surface area contributed by atoms with Gasteiger partial charge in [0.1, 0.15) is 22.8 Å². The van der Waals surface area contributed by atoms with Crippen LogP contribution in [-0.4, -0.2) is 12.2 Å². The Morgan fingerprint density at radius 3 is 2.50 bits per heavy atom. The van der Waals surface area contributed by atoms with Gasteiger partial charge in [0.05, 0.1) is 7.11 Å². The van der Waals surface area contributed by atoms with E-state index in [2.05, 4.69) is 0 Å². The third-order valence-electron chi connectivity index (χ3n) is 4.06. The third-order valence-corrected chi connectivity index (χ3v) is 4.06. The molecule has 2 aromatic rings. The highest BCUT2D eigenvalue weighted by Gasteiger charge is 2.17. The van der Waals surface area contributed by atoms with E-state index in [4.69, 9.17) is 9.15 Å². The predicted molar refractivity (Wildman–Crippen MR) is 92.8 cm³/mol. The van der Waals surface area contributed by atoms with Gasteiger partial charge in [-0.3, -0.25) is 4.79 Å². The molecule has 0 radical (unpaired) electrons. The summed E-state index contributed by atoms with van der Waals surface area (Å²) in [4.78, 5) is 11.7. The zero-order valence-corrected chi connectivity index (χ0v) is 12.9. The summed E-state index contributed by atoms with van der Waals surface area (Å²) in [5.74, 6) is 1.38. The van der Waals surface area contributed by atoms with Crippen LogP contribution in [0.1, 0.15) is 0 Å².